The van der Waals surface area contributed by atoms with Gasteiger partial charge in [-0.25, -0.2) is 0 Å². The third kappa shape index (κ3) is 3.33. The number of benzene rings is 1. The first-order valence-corrected chi connectivity index (χ1v) is 7.01. The maximum absolute atomic E-state index is 5.32. The van der Waals surface area contributed by atoms with E-state index in [2.05, 4.69) is 49.5 Å². The molecule has 2 heteroatoms. The van der Waals surface area contributed by atoms with Crippen molar-refractivity contribution in [3.05, 3.63) is 35.9 Å². The molecule has 0 aliphatic heterocycles. The van der Waals surface area contributed by atoms with Gasteiger partial charge in [0.25, 0.3) is 0 Å². The summed E-state index contributed by atoms with van der Waals surface area (Å²) in [6.07, 6.45) is 2.81. The van der Waals surface area contributed by atoms with Gasteiger partial charge in [0.05, 0.1) is 6.10 Å². The second-order valence-corrected chi connectivity index (χ2v) is 5.70. The molecule has 1 aliphatic rings. The fourth-order valence-corrected chi connectivity index (χ4v) is 2.66. The van der Waals surface area contributed by atoms with Crippen LogP contribution in [0.3, 0.4) is 0 Å². The van der Waals surface area contributed by atoms with E-state index >= 15 is 0 Å². The highest BCUT2D eigenvalue weighted by molar-refractivity contribution is 5.20. The van der Waals surface area contributed by atoms with E-state index in [1.54, 1.807) is 0 Å². The average molecular weight is 247 g/mol. The van der Waals surface area contributed by atoms with Crippen LogP contribution >= 0.6 is 0 Å². The summed E-state index contributed by atoms with van der Waals surface area (Å²) < 4.78 is 5.32. The molecular formula is C16H25NO. The maximum atomic E-state index is 5.32. The fourth-order valence-electron chi connectivity index (χ4n) is 2.66. The van der Waals surface area contributed by atoms with E-state index in [-0.39, 0.29) is 0 Å². The number of methoxy groups -OCH3 is 1. The molecule has 0 bridgehead atoms. The van der Waals surface area contributed by atoms with Gasteiger partial charge in [-0.15, -0.1) is 0 Å². The lowest BCUT2D eigenvalue weighted by Crippen LogP contribution is -2.46. The monoisotopic (exact) mass is 247 g/mol. The molecule has 0 heterocycles. The number of rotatable bonds is 6. The molecule has 1 aliphatic carbocycles. The van der Waals surface area contributed by atoms with Crippen molar-refractivity contribution in [3.63, 3.8) is 0 Å². The molecule has 2 nitrogen and oxygen atoms in total. The van der Waals surface area contributed by atoms with Gasteiger partial charge in [-0.3, -0.25) is 0 Å². The Hall–Kier alpha value is -0.860. The molecule has 1 N–H and O–H groups in total. The Morgan fingerprint density at radius 2 is 1.89 bits per heavy atom. The largest absolute Gasteiger partial charge is 0.381 e. The van der Waals surface area contributed by atoms with Crippen LogP contribution < -0.4 is 5.32 Å². The van der Waals surface area contributed by atoms with Crippen LogP contribution in [-0.4, -0.2) is 25.8 Å². The molecule has 0 aromatic heterocycles. The predicted octanol–water partition coefficient (Wildman–Crippen LogP) is 3.19. The Morgan fingerprint density at radius 3 is 2.44 bits per heavy atom. The van der Waals surface area contributed by atoms with E-state index in [1.807, 2.05) is 7.11 Å². The number of hydrogen-bond donors (Lipinski definition) is 1. The van der Waals surface area contributed by atoms with Gasteiger partial charge < -0.3 is 10.1 Å². The van der Waals surface area contributed by atoms with Crippen molar-refractivity contribution in [1.82, 2.24) is 5.32 Å². The summed E-state index contributed by atoms with van der Waals surface area (Å²) in [6.45, 7) is 5.68. The molecule has 1 atom stereocenters. The van der Waals surface area contributed by atoms with Crippen LogP contribution in [0.2, 0.25) is 0 Å². The van der Waals surface area contributed by atoms with Crippen LogP contribution in [0.15, 0.2) is 30.3 Å². The van der Waals surface area contributed by atoms with E-state index in [1.165, 1.54) is 5.56 Å². The Bertz CT molecular complexity index is 343. The molecule has 100 valence electrons. The molecule has 1 aromatic carbocycles. The first-order chi connectivity index (χ1) is 8.70. The zero-order chi connectivity index (χ0) is 13.0. The van der Waals surface area contributed by atoms with Crippen molar-refractivity contribution in [2.75, 3.05) is 13.7 Å². The summed E-state index contributed by atoms with van der Waals surface area (Å²) in [4.78, 5) is 0. The average Bonchev–Trinajstić information content (AvgIpc) is 2.32. The third-order valence-corrected chi connectivity index (χ3v) is 4.09. The molecule has 0 spiro atoms. The van der Waals surface area contributed by atoms with Gasteiger partial charge in [0, 0.05) is 19.7 Å². The van der Waals surface area contributed by atoms with Crippen molar-refractivity contribution in [3.8, 4) is 0 Å². The van der Waals surface area contributed by atoms with Gasteiger partial charge in [0.15, 0.2) is 0 Å². The Morgan fingerprint density at radius 1 is 1.22 bits per heavy atom. The molecule has 0 saturated heterocycles. The minimum atomic E-state index is 0.483. The molecule has 0 amide bonds. The smallest absolute Gasteiger partial charge is 0.0601 e. The predicted molar refractivity (Wildman–Crippen MR) is 75.8 cm³/mol. The molecule has 1 saturated carbocycles. The summed E-state index contributed by atoms with van der Waals surface area (Å²) in [5, 5.41) is 3.68. The Labute approximate surface area is 111 Å². The molecule has 1 unspecified atom stereocenters. The van der Waals surface area contributed by atoms with Gasteiger partial charge in [-0.05, 0) is 30.2 Å². The van der Waals surface area contributed by atoms with Gasteiger partial charge in [0.1, 0.15) is 0 Å². The quantitative estimate of drug-likeness (QED) is 0.833. The molecule has 2 rings (SSSR count). The van der Waals surface area contributed by atoms with Crippen LogP contribution in [0.4, 0.5) is 0 Å². The summed E-state index contributed by atoms with van der Waals surface area (Å²) in [5.41, 5.74) is 1.45. The van der Waals surface area contributed by atoms with Crippen molar-refractivity contribution < 1.29 is 4.74 Å². The van der Waals surface area contributed by atoms with Gasteiger partial charge >= 0.3 is 0 Å². The van der Waals surface area contributed by atoms with E-state index in [0.717, 1.165) is 19.4 Å². The van der Waals surface area contributed by atoms with Crippen molar-refractivity contribution >= 4 is 0 Å². The summed E-state index contributed by atoms with van der Waals surface area (Å²) in [5.74, 6) is 1.27. The molecule has 18 heavy (non-hydrogen) atoms. The van der Waals surface area contributed by atoms with Crippen LogP contribution in [0.5, 0.6) is 0 Å². The van der Waals surface area contributed by atoms with Crippen molar-refractivity contribution in [2.24, 2.45) is 5.92 Å². The third-order valence-electron chi connectivity index (χ3n) is 4.09. The van der Waals surface area contributed by atoms with Gasteiger partial charge in [-0.2, -0.15) is 0 Å². The zero-order valence-corrected chi connectivity index (χ0v) is 11.7. The molecular weight excluding hydrogens is 222 g/mol. The second-order valence-electron chi connectivity index (χ2n) is 5.70. The lowest BCUT2D eigenvalue weighted by Gasteiger charge is -2.36. The van der Waals surface area contributed by atoms with E-state index in [4.69, 9.17) is 4.74 Å². The van der Waals surface area contributed by atoms with Gasteiger partial charge in [0.2, 0.25) is 0 Å². The van der Waals surface area contributed by atoms with Crippen molar-refractivity contribution in [1.29, 1.82) is 0 Å². The summed E-state index contributed by atoms with van der Waals surface area (Å²) >= 11 is 0. The summed E-state index contributed by atoms with van der Waals surface area (Å²) in [6, 6.07) is 11.5. The SMILES string of the molecule is COC1CC(NCC(c2ccccc2)C(C)C)C1. The molecule has 1 aromatic rings. The van der Waals surface area contributed by atoms with Crippen LogP contribution in [0.25, 0.3) is 0 Å². The normalized spacial score (nSPS) is 24.9. The fraction of sp³-hybridized carbons (Fsp3) is 0.625. The van der Waals surface area contributed by atoms with E-state index in [9.17, 15) is 0 Å². The lowest BCUT2D eigenvalue weighted by atomic mass is 9.85. The van der Waals surface area contributed by atoms with Crippen LogP contribution in [-0.2, 0) is 4.74 Å². The highest BCUT2D eigenvalue weighted by Crippen LogP contribution is 2.26. The summed E-state index contributed by atoms with van der Waals surface area (Å²) in [7, 11) is 1.81. The van der Waals surface area contributed by atoms with Gasteiger partial charge in [-0.1, -0.05) is 44.2 Å². The standard InChI is InChI=1S/C16H25NO/c1-12(2)16(13-7-5-4-6-8-13)11-17-14-9-15(10-14)18-3/h4-8,12,14-17H,9-11H2,1-3H3. The van der Waals surface area contributed by atoms with E-state index < -0.39 is 0 Å². The highest BCUT2D eigenvalue weighted by Gasteiger charge is 2.29. The van der Waals surface area contributed by atoms with Crippen LogP contribution in [0.1, 0.15) is 38.2 Å². The van der Waals surface area contributed by atoms with Crippen molar-refractivity contribution in [2.45, 2.75) is 44.8 Å². The highest BCUT2D eigenvalue weighted by atomic mass is 16.5. The molecule has 1 fully saturated rings. The van der Waals surface area contributed by atoms with Crippen LogP contribution in [0, 0.1) is 5.92 Å². The maximum Gasteiger partial charge on any atom is 0.0601 e. The van der Waals surface area contributed by atoms with E-state index in [0.29, 0.717) is 24.0 Å². The Balaban J connectivity index is 1.85. The molecule has 0 radical (unpaired) electrons. The first-order valence-electron chi connectivity index (χ1n) is 7.01. The minimum Gasteiger partial charge on any atom is -0.381 e. The topological polar surface area (TPSA) is 21.3 Å². The Kier molecular flexibility index (Phi) is 4.79. The number of nitrogens with one attached hydrogen (secondary N) is 1. The second kappa shape index (κ2) is 6.35. The lowest BCUT2D eigenvalue weighted by molar-refractivity contribution is 0.0168. The number of hydrogen-bond acceptors (Lipinski definition) is 2. The number of ether oxygens (including phenoxy) is 1. The first kappa shape index (κ1) is 13.6. The zero-order valence-electron chi connectivity index (χ0n) is 11.7. The minimum absolute atomic E-state index is 0.483.